The number of nitrogens with zero attached hydrogens (tertiary/aromatic N) is 3. The van der Waals surface area contributed by atoms with Gasteiger partial charge in [0.05, 0.1) is 30.7 Å². The zero-order valence-corrected chi connectivity index (χ0v) is 25.3. The van der Waals surface area contributed by atoms with Gasteiger partial charge in [-0.1, -0.05) is 73.9 Å². The number of carbonyl (C=O) groups excluding carboxylic acids is 4. The van der Waals surface area contributed by atoms with Gasteiger partial charge in [0.2, 0.25) is 17.8 Å². The normalized spacial score (nSPS) is 17.9. The van der Waals surface area contributed by atoms with Gasteiger partial charge in [-0.2, -0.15) is 0 Å². The number of hydrogen-bond acceptors (Lipinski definition) is 6. The van der Waals surface area contributed by atoms with Crippen LogP contribution in [0.3, 0.4) is 0 Å². The molecular weight excluding hydrogens is 570 g/mol. The molecule has 10 nitrogen and oxygen atoms in total. The number of benzene rings is 3. The molecule has 2 N–H and O–H groups in total. The van der Waals surface area contributed by atoms with Crippen LogP contribution in [0.1, 0.15) is 65.2 Å². The van der Waals surface area contributed by atoms with Gasteiger partial charge in [-0.3, -0.25) is 19.7 Å². The van der Waals surface area contributed by atoms with Gasteiger partial charge in [0, 0.05) is 30.1 Å². The minimum Gasteiger partial charge on any atom is -0.453 e. The van der Waals surface area contributed by atoms with Crippen molar-refractivity contribution >= 4 is 40.7 Å². The predicted molar refractivity (Wildman–Crippen MR) is 170 cm³/mol. The summed E-state index contributed by atoms with van der Waals surface area (Å²) in [5, 5.41) is 2.45. The van der Waals surface area contributed by atoms with Crippen molar-refractivity contribution in [1.82, 2.24) is 19.8 Å². The molecule has 0 radical (unpaired) electrons. The molecule has 1 atom stereocenters. The highest BCUT2D eigenvalue weighted by atomic mass is 16.5. The average Bonchev–Trinajstić information content (AvgIpc) is 3.50. The smallest absolute Gasteiger partial charge is 0.413 e. The Morgan fingerprint density at radius 1 is 0.933 bits per heavy atom. The molecule has 45 heavy (non-hydrogen) atoms. The fourth-order valence-corrected chi connectivity index (χ4v) is 6.56. The van der Waals surface area contributed by atoms with E-state index in [2.05, 4.69) is 38.2 Å². The maximum atomic E-state index is 12.8. The van der Waals surface area contributed by atoms with Crippen LogP contribution < -0.4 is 5.32 Å². The van der Waals surface area contributed by atoms with E-state index in [1.807, 2.05) is 34.1 Å². The van der Waals surface area contributed by atoms with Crippen LogP contribution in [0.4, 0.5) is 10.7 Å². The van der Waals surface area contributed by atoms with Gasteiger partial charge < -0.3 is 19.5 Å². The largest absolute Gasteiger partial charge is 0.453 e. The molecule has 3 aliphatic rings. The topological polar surface area (TPSA) is 125 Å². The lowest BCUT2D eigenvalue weighted by molar-refractivity contribution is -0.152. The first-order valence-corrected chi connectivity index (χ1v) is 15.5. The van der Waals surface area contributed by atoms with E-state index in [0.29, 0.717) is 23.2 Å². The maximum absolute atomic E-state index is 12.8. The number of aromatic nitrogens is 2. The van der Waals surface area contributed by atoms with Crippen molar-refractivity contribution in [3.05, 3.63) is 95.1 Å². The molecule has 1 unspecified atom stereocenters. The Morgan fingerprint density at radius 2 is 1.69 bits per heavy atom. The molecule has 4 aromatic rings. The van der Waals surface area contributed by atoms with Gasteiger partial charge in [-0.05, 0) is 48.6 Å². The van der Waals surface area contributed by atoms with E-state index in [1.165, 1.54) is 24.7 Å². The van der Waals surface area contributed by atoms with Crippen LogP contribution in [-0.4, -0.2) is 70.2 Å². The average molecular weight is 608 g/mol. The van der Waals surface area contributed by atoms with E-state index in [4.69, 9.17) is 0 Å². The number of carbonyl (C=O) groups is 4. The highest BCUT2D eigenvalue weighted by Gasteiger charge is 2.39. The number of ether oxygens (including phenoxy) is 1. The summed E-state index contributed by atoms with van der Waals surface area (Å²) in [6, 6.07) is 22.6. The number of rotatable bonds is 4. The summed E-state index contributed by atoms with van der Waals surface area (Å²) in [6.45, 7) is 1.72. The molecule has 2 aliphatic heterocycles. The Kier molecular flexibility index (Phi) is 8.91. The number of aromatic amines is 1. The quantitative estimate of drug-likeness (QED) is 0.295. The Labute approximate surface area is 261 Å². The number of nitrogens with one attached hydrogen (secondary N) is 2. The summed E-state index contributed by atoms with van der Waals surface area (Å²) < 4.78 is 4.51. The van der Waals surface area contributed by atoms with Crippen LogP contribution in [0, 0.1) is 5.92 Å². The van der Waals surface area contributed by atoms with Crippen LogP contribution in [-0.2, 0) is 20.7 Å². The number of H-pyrrole nitrogens is 1. The molecule has 1 aromatic heterocycles. The third-order valence-electron chi connectivity index (χ3n) is 8.91. The van der Waals surface area contributed by atoms with Crippen LogP contribution in [0.25, 0.3) is 11.0 Å². The summed E-state index contributed by atoms with van der Waals surface area (Å²) in [5.74, 6) is 0.654. The van der Waals surface area contributed by atoms with Gasteiger partial charge in [-0.15, -0.1) is 0 Å². The molecule has 3 aromatic carbocycles. The first-order chi connectivity index (χ1) is 21.9. The second kappa shape index (κ2) is 13.3. The summed E-state index contributed by atoms with van der Waals surface area (Å²) in [6.07, 6.45) is 5.84. The highest BCUT2D eigenvalue weighted by Crippen LogP contribution is 2.34. The monoisotopic (exact) mass is 607 g/mol. The number of piperazine rings is 1. The molecule has 2 fully saturated rings. The van der Waals surface area contributed by atoms with Gasteiger partial charge >= 0.3 is 6.09 Å². The van der Waals surface area contributed by atoms with E-state index in [-0.39, 0.29) is 42.1 Å². The Morgan fingerprint density at radius 3 is 2.47 bits per heavy atom. The Bertz CT molecular complexity index is 1710. The summed E-state index contributed by atoms with van der Waals surface area (Å²) in [4.78, 5) is 59.9. The Balaban J connectivity index is 0.000000159. The molecular formula is C35H37N5O5. The van der Waals surface area contributed by atoms with Crippen molar-refractivity contribution in [2.75, 3.05) is 32.1 Å². The summed E-state index contributed by atoms with van der Waals surface area (Å²) >= 11 is 0. The number of fused-ring (bicyclic) bond motifs is 4. The third-order valence-corrected chi connectivity index (χ3v) is 8.91. The van der Waals surface area contributed by atoms with Crippen molar-refractivity contribution in [3.63, 3.8) is 0 Å². The number of anilines is 1. The van der Waals surface area contributed by atoms with Crippen molar-refractivity contribution < 1.29 is 23.9 Å². The zero-order valence-electron chi connectivity index (χ0n) is 25.3. The molecule has 0 bridgehead atoms. The molecule has 1 saturated carbocycles. The number of amides is 3. The fraction of sp³-hybridized carbons (Fsp3) is 0.343. The Hall–Kier alpha value is -4.99. The van der Waals surface area contributed by atoms with Gasteiger partial charge in [-0.25, -0.2) is 9.78 Å². The lowest BCUT2D eigenvalue weighted by Crippen LogP contribution is -2.56. The van der Waals surface area contributed by atoms with Crippen LogP contribution >= 0.6 is 0 Å². The van der Waals surface area contributed by atoms with Crippen LogP contribution in [0.15, 0.2) is 72.8 Å². The first kappa shape index (κ1) is 30.1. The van der Waals surface area contributed by atoms with Gasteiger partial charge in [0.15, 0.2) is 5.78 Å². The first-order valence-electron chi connectivity index (χ1n) is 15.5. The summed E-state index contributed by atoms with van der Waals surface area (Å²) in [5.41, 5.74) is 5.02. The molecule has 7 rings (SSSR count). The fourth-order valence-electron chi connectivity index (χ4n) is 6.56. The number of hydrogen-bond donors (Lipinski definition) is 2. The van der Waals surface area contributed by atoms with Gasteiger partial charge in [0.25, 0.3) is 0 Å². The molecule has 1 aliphatic carbocycles. The van der Waals surface area contributed by atoms with Crippen LogP contribution in [0.5, 0.6) is 0 Å². The molecule has 10 heteroatoms. The van der Waals surface area contributed by atoms with Gasteiger partial charge in [0.1, 0.15) is 0 Å². The molecule has 232 valence electrons. The molecule has 3 amide bonds. The van der Waals surface area contributed by atoms with Crippen molar-refractivity contribution in [3.8, 4) is 0 Å². The van der Waals surface area contributed by atoms with E-state index in [0.717, 1.165) is 44.2 Å². The minimum atomic E-state index is -0.611. The zero-order chi connectivity index (χ0) is 31.3. The van der Waals surface area contributed by atoms with Crippen molar-refractivity contribution in [2.45, 2.75) is 44.6 Å². The third kappa shape index (κ3) is 6.60. The van der Waals surface area contributed by atoms with E-state index < -0.39 is 6.09 Å². The summed E-state index contributed by atoms with van der Waals surface area (Å²) in [7, 11) is 1.27. The molecule has 0 spiro atoms. The minimum absolute atomic E-state index is 0.0498. The van der Waals surface area contributed by atoms with Crippen LogP contribution in [0.2, 0.25) is 0 Å². The number of ketones is 1. The van der Waals surface area contributed by atoms with E-state index in [9.17, 15) is 19.2 Å². The number of imidazole rings is 1. The lowest BCUT2D eigenvalue weighted by Gasteiger charge is -2.45. The van der Waals surface area contributed by atoms with Crippen molar-refractivity contribution in [2.24, 2.45) is 5.92 Å². The lowest BCUT2D eigenvalue weighted by atomic mass is 9.87. The second-order valence-electron chi connectivity index (χ2n) is 11.7. The SMILES string of the molecule is COC(=O)Nc1nc2cc(C(=O)c3ccccc3)ccc2[nH]1.O=C(C1CCCCC1)N1CC(=O)N2CCc3ccccc3C2C1. The van der Waals surface area contributed by atoms with E-state index in [1.54, 1.807) is 30.3 Å². The predicted octanol–water partition coefficient (Wildman–Crippen LogP) is 5.51. The molecule has 1 saturated heterocycles. The maximum Gasteiger partial charge on any atom is 0.413 e. The van der Waals surface area contributed by atoms with Crippen molar-refractivity contribution in [1.29, 1.82) is 0 Å². The van der Waals surface area contributed by atoms with E-state index >= 15 is 0 Å². The highest BCUT2D eigenvalue weighted by molar-refractivity contribution is 6.10. The number of methoxy groups -OCH3 is 1. The second-order valence-corrected chi connectivity index (χ2v) is 11.7. The molecule has 3 heterocycles. The standard InChI is InChI=1S/C19H24N2O2.C16H13N3O3/c22-18-13-20(19(23)15-7-2-1-3-8-15)12-17-16-9-5-4-6-14(16)10-11-21(17)18;1-22-16(21)19-15-17-12-8-7-11(9-13(12)18-15)14(20)10-5-3-2-4-6-10/h4-6,9,15,17H,1-3,7-8,10-13H2;2-9H,1H3,(H2,17,18,19,21).